The van der Waals surface area contributed by atoms with Gasteiger partial charge in [-0.05, 0) is 49.4 Å². The zero-order valence-corrected chi connectivity index (χ0v) is 13.9. The van der Waals surface area contributed by atoms with Gasteiger partial charge in [-0.1, -0.05) is 12.1 Å². The van der Waals surface area contributed by atoms with Crippen LogP contribution in [-0.4, -0.2) is 43.6 Å². The minimum Gasteiger partial charge on any atom is -0.497 e. The molecule has 0 aromatic heterocycles. The average Bonchev–Trinajstić information content (AvgIpc) is 3.00. The molecule has 2 fully saturated rings. The van der Waals surface area contributed by atoms with Crippen LogP contribution in [0.4, 0.5) is 0 Å². The van der Waals surface area contributed by atoms with Crippen molar-refractivity contribution < 1.29 is 9.53 Å². The summed E-state index contributed by atoms with van der Waals surface area (Å²) in [5.41, 5.74) is 1.20. The number of ether oxygens (including phenoxy) is 1. The molecule has 0 aliphatic carbocycles. The zero-order chi connectivity index (χ0) is 14.7. The molecule has 5 heteroatoms. The maximum absolute atomic E-state index is 12.4. The highest BCUT2D eigenvalue weighted by Gasteiger charge is 2.33. The Bertz CT molecular complexity index is 492. The summed E-state index contributed by atoms with van der Waals surface area (Å²) in [5, 5.41) is 3.54. The highest BCUT2D eigenvalue weighted by atomic mass is 35.5. The van der Waals surface area contributed by atoms with Crippen molar-refractivity contribution in [3.8, 4) is 5.75 Å². The number of amides is 1. The first-order chi connectivity index (χ1) is 10.3. The Balaban J connectivity index is 0.00000176. The van der Waals surface area contributed by atoms with E-state index in [4.69, 9.17) is 4.74 Å². The van der Waals surface area contributed by atoms with E-state index >= 15 is 0 Å². The van der Waals surface area contributed by atoms with Crippen LogP contribution in [0.25, 0.3) is 0 Å². The number of hydrogen-bond donors (Lipinski definition) is 1. The normalized spacial score (nSPS) is 23.6. The lowest BCUT2D eigenvalue weighted by Gasteiger charge is -2.35. The second-order valence-electron chi connectivity index (χ2n) is 6.09. The summed E-state index contributed by atoms with van der Waals surface area (Å²) in [7, 11) is 1.67. The van der Waals surface area contributed by atoms with Gasteiger partial charge in [-0.3, -0.25) is 4.79 Å². The monoisotopic (exact) mass is 324 g/mol. The number of carbonyl (C=O) groups excluding carboxylic acids is 1. The predicted octanol–water partition coefficient (Wildman–Crippen LogP) is 2.26. The summed E-state index contributed by atoms with van der Waals surface area (Å²) in [4.78, 5) is 14.4. The van der Waals surface area contributed by atoms with Gasteiger partial charge in [-0.15, -0.1) is 12.4 Å². The van der Waals surface area contributed by atoms with Crippen molar-refractivity contribution in [2.75, 3.05) is 26.7 Å². The van der Waals surface area contributed by atoms with Gasteiger partial charge in [0.25, 0.3) is 0 Å². The fourth-order valence-electron chi connectivity index (χ4n) is 3.48. The third-order valence-electron chi connectivity index (χ3n) is 4.79. The molecule has 1 aromatic rings. The van der Waals surface area contributed by atoms with E-state index in [0.29, 0.717) is 24.3 Å². The Morgan fingerprint density at radius 2 is 2.09 bits per heavy atom. The number of hydrogen-bond acceptors (Lipinski definition) is 3. The van der Waals surface area contributed by atoms with Crippen LogP contribution in [0.2, 0.25) is 0 Å². The van der Waals surface area contributed by atoms with E-state index in [1.807, 2.05) is 24.3 Å². The van der Waals surface area contributed by atoms with Crippen molar-refractivity contribution in [3.63, 3.8) is 0 Å². The molecule has 0 bridgehead atoms. The molecule has 0 saturated carbocycles. The first-order valence-electron chi connectivity index (χ1n) is 7.90. The number of fused-ring (bicyclic) bond motifs is 1. The average molecular weight is 325 g/mol. The largest absolute Gasteiger partial charge is 0.497 e. The molecule has 2 aliphatic heterocycles. The third-order valence-corrected chi connectivity index (χ3v) is 4.79. The van der Waals surface area contributed by atoms with Crippen LogP contribution in [0.15, 0.2) is 24.3 Å². The molecule has 0 radical (unpaired) electrons. The number of nitrogens with one attached hydrogen (secondary N) is 1. The van der Waals surface area contributed by atoms with Gasteiger partial charge in [0.2, 0.25) is 5.91 Å². The van der Waals surface area contributed by atoms with Crippen LogP contribution < -0.4 is 10.1 Å². The predicted molar refractivity (Wildman–Crippen MR) is 89.7 cm³/mol. The number of piperidine rings is 1. The van der Waals surface area contributed by atoms with Gasteiger partial charge in [-0.25, -0.2) is 0 Å². The van der Waals surface area contributed by atoms with Crippen LogP contribution in [0.1, 0.15) is 24.8 Å². The summed E-state index contributed by atoms with van der Waals surface area (Å²) in [6.45, 7) is 2.97. The molecule has 2 heterocycles. The number of carbonyl (C=O) groups is 1. The van der Waals surface area contributed by atoms with E-state index in [0.717, 1.165) is 38.2 Å². The van der Waals surface area contributed by atoms with Crippen molar-refractivity contribution in [2.45, 2.75) is 31.7 Å². The lowest BCUT2D eigenvalue weighted by atomic mass is 9.93. The standard InChI is InChI=1S/C17H24N2O2.ClH/c1-21-15-5-2-13(3-6-15)4-7-17(20)19-11-9-16-14(12-19)8-10-18-16;/h2-3,5-6,14,16,18H,4,7-12H2,1H3;1H. The van der Waals surface area contributed by atoms with Gasteiger partial charge in [0.1, 0.15) is 5.75 Å². The Morgan fingerprint density at radius 3 is 2.82 bits per heavy atom. The number of aryl methyl sites for hydroxylation is 1. The van der Waals surface area contributed by atoms with E-state index in [1.54, 1.807) is 7.11 Å². The number of halogens is 1. The maximum Gasteiger partial charge on any atom is 0.222 e. The number of methoxy groups -OCH3 is 1. The quantitative estimate of drug-likeness (QED) is 0.923. The molecule has 4 nitrogen and oxygen atoms in total. The van der Waals surface area contributed by atoms with Crippen molar-refractivity contribution in [1.82, 2.24) is 10.2 Å². The highest BCUT2D eigenvalue weighted by molar-refractivity contribution is 5.85. The molecule has 1 aromatic carbocycles. The molecule has 0 spiro atoms. The zero-order valence-electron chi connectivity index (χ0n) is 13.1. The van der Waals surface area contributed by atoms with Crippen molar-refractivity contribution in [2.24, 2.45) is 5.92 Å². The third kappa shape index (κ3) is 3.93. The van der Waals surface area contributed by atoms with Crippen LogP contribution in [0.5, 0.6) is 5.75 Å². The first kappa shape index (κ1) is 17.1. The Kier molecular flexibility index (Phi) is 6.09. The van der Waals surface area contributed by atoms with Crippen molar-refractivity contribution in [1.29, 1.82) is 0 Å². The van der Waals surface area contributed by atoms with E-state index in [1.165, 1.54) is 12.0 Å². The number of likely N-dealkylation sites (tertiary alicyclic amines) is 1. The van der Waals surface area contributed by atoms with Crippen LogP contribution >= 0.6 is 12.4 Å². The maximum atomic E-state index is 12.4. The van der Waals surface area contributed by atoms with Crippen LogP contribution in [0.3, 0.4) is 0 Å². The summed E-state index contributed by atoms with van der Waals surface area (Å²) >= 11 is 0. The van der Waals surface area contributed by atoms with Crippen LogP contribution in [0, 0.1) is 5.92 Å². The second-order valence-corrected chi connectivity index (χ2v) is 6.09. The fraction of sp³-hybridized carbons (Fsp3) is 0.588. The number of nitrogens with zero attached hydrogens (tertiary/aromatic N) is 1. The second kappa shape index (κ2) is 7.84. The molecule has 2 unspecified atom stereocenters. The van der Waals surface area contributed by atoms with E-state index in [-0.39, 0.29) is 12.4 Å². The summed E-state index contributed by atoms with van der Waals surface area (Å²) in [5.74, 6) is 1.83. The van der Waals surface area contributed by atoms with E-state index < -0.39 is 0 Å². The molecule has 2 aliphatic rings. The molecule has 122 valence electrons. The Labute approximate surface area is 138 Å². The lowest BCUT2D eigenvalue weighted by molar-refractivity contribution is -0.133. The van der Waals surface area contributed by atoms with Gasteiger partial charge < -0.3 is 15.0 Å². The van der Waals surface area contributed by atoms with Crippen molar-refractivity contribution in [3.05, 3.63) is 29.8 Å². The van der Waals surface area contributed by atoms with Gasteiger partial charge in [0.05, 0.1) is 7.11 Å². The number of rotatable bonds is 4. The topological polar surface area (TPSA) is 41.6 Å². The minimum absolute atomic E-state index is 0. The first-order valence-corrected chi connectivity index (χ1v) is 7.90. The molecule has 2 atom stereocenters. The Hall–Kier alpha value is -1.26. The van der Waals surface area contributed by atoms with Crippen molar-refractivity contribution >= 4 is 18.3 Å². The molecule has 22 heavy (non-hydrogen) atoms. The van der Waals surface area contributed by atoms with Gasteiger partial charge in [0, 0.05) is 25.6 Å². The molecule has 3 rings (SSSR count). The molecule has 1 amide bonds. The summed E-state index contributed by atoms with van der Waals surface area (Å²) < 4.78 is 5.15. The lowest BCUT2D eigenvalue weighted by Crippen LogP contribution is -2.46. The van der Waals surface area contributed by atoms with Crippen LogP contribution in [-0.2, 0) is 11.2 Å². The van der Waals surface area contributed by atoms with Gasteiger partial charge in [-0.2, -0.15) is 0 Å². The Morgan fingerprint density at radius 1 is 1.32 bits per heavy atom. The van der Waals surface area contributed by atoms with Gasteiger partial charge in [0.15, 0.2) is 0 Å². The molecular formula is C17H25ClN2O2. The minimum atomic E-state index is 0. The summed E-state index contributed by atoms with van der Waals surface area (Å²) in [6, 6.07) is 8.64. The molecular weight excluding hydrogens is 300 g/mol. The molecule has 1 N–H and O–H groups in total. The smallest absolute Gasteiger partial charge is 0.222 e. The van der Waals surface area contributed by atoms with E-state index in [9.17, 15) is 4.79 Å². The molecule has 2 saturated heterocycles. The number of benzene rings is 1. The summed E-state index contributed by atoms with van der Waals surface area (Å²) in [6.07, 6.45) is 3.74. The highest BCUT2D eigenvalue weighted by Crippen LogP contribution is 2.25. The van der Waals surface area contributed by atoms with E-state index in [2.05, 4.69) is 10.2 Å². The SMILES string of the molecule is COc1ccc(CCC(=O)N2CCC3NCCC3C2)cc1.Cl. The fourth-order valence-corrected chi connectivity index (χ4v) is 3.48. The van der Waals surface area contributed by atoms with Gasteiger partial charge >= 0.3 is 0 Å².